The summed E-state index contributed by atoms with van der Waals surface area (Å²) in [7, 11) is 1.84. The second-order valence-electron chi connectivity index (χ2n) is 4.96. The second kappa shape index (κ2) is 5.87. The number of hydrogen-bond acceptors (Lipinski definition) is 3. The molecule has 2 aromatic carbocycles. The summed E-state index contributed by atoms with van der Waals surface area (Å²) < 4.78 is 14.1. The Kier molecular flexibility index (Phi) is 3.94. The summed E-state index contributed by atoms with van der Waals surface area (Å²) in [6.45, 7) is 2.69. The monoisotopic (exact) mass is 301 g/mol. The molecule has 108 valence electrons. The lowest BCUT2D eigenvalue weighted by molar-refractivity contribution is 0.598. The Hall–Kier alpha value is -1.85. The molecule has 0 aliphatic carbocycles. The number of fused-ring (bicyclic) bond motifs is 1. The number of hydrogen-bond donors (Lipinski definition) is 2. The van der Waals surface area contributed by atoms with Crippen LogP contribution in [0.3, 0.4) is 0 Å². The van der Waals surface area contributed by atoms with Crippen molar-refractivity contribution in [2.24, 2.45) is 0 Å². The van der Waals surface area contributed by atoms with E-state index in [1.807, 2.05) is 38.2 Å². The highest BCUT2D eigenvalue weighted by molar-refractivity contribution is 7.99. The van der Waals surface area contributed by atoms with Gasteiger partial charge in [-0.15, -0.1) is 0 Å². The maximum absolute atomic E-state index is 14.1. The van der Waals surface area contributed by atoms with Gasteiger partial charge in [0.1, 0.15) is 5.82 Å². The Bertz CT molecular complexity index is 782. The molecular formula is C16H16FN3S. The van der Waals surface area contributed by atoms with Gasteiger partial charge in [0.05, 0.1) is 15.9 Å². The van der Waals surface area contributed by atoms with Crippen molar-refractivity contribution in [3.05, 3.63) is 53.3 Å². The van der Waals surface area contributed by atoms with Crippen molar-refractivity contribution in [3.63, 3.8) is 0 Å². The molecule has 0 aliphatic heterocycles. The van der Waals surface area contributed by atoms with E-state index in [1.54, 1.807) is 12.1 Å². The summed E-state index contributed by atoms with van der Waals surface area (Å²) in [4.78, 5) is 8.28. The Morgan fingerprint density at radius 2 is 2.10 bits per heavy atom. The van der Waals surface area contributed by atoms with E-state index in [9.17, 15) is 4.39 Å². The fraction of sp³-hybridized carbons (Fsp3) is 0.188. The molecule has 3 rings (SSSR count). The summed E-state index contributed by atoms with van der Waals surface area (Å²) in [6.07, 6.45) is 0. The first kappa shape index (κ1) is 14.1. The molecule has 0 amide bonds. The third-order valence-electron chi connectivity index (χ3n) is 3.20. The lowest BCUT2D eigenvalue weighted by atomic mass is 10.2. The molecule has 0 aliphatic rings. The van der Waals surface area contributed by atoms with Crippen LogP contribution in [-0.2, 0) is 6.54 Å². The number of rotatable bonds is 4. The van der Waals surface area contributed by atoms with Crippen LogP contribution in [0.4, 0.5) is 4.39 Å². The van der Waals surface area contributed by atoms with Gasteiger partial charge >= 0.3 is 0 Å². The molecule has 0 fully saturated rings. The lowest BCUT2D eigenvalue weighted by Gasteiger charge is -2.04. The van der Waals surface area contributed by atoms with Gasteiger partial charge in [-0.1, -0.05) is 12.1 Å². The Labute approximate surface area is 127 Å². The van der Waals surface area contributed by atoms with E-state index in [0.717, 1.165) is 16.6 Å². The van der Waals surface area contributed by atoms with E-state index < -0.39 is 0 Å². The molecule has 0 radical (unpaired) electrons. The minimum Gasteiger partial charge on any atom is -0.333 e. The molecule has 1 aromatic heterocycles. The van der Waals surface area contributed by atoms with E-state index >= 15 is 0 Å². The number of imidazole rings is 1. The van der Waals surface area contributed by atoms with Crippen molar-refractivity contribution in [1.82, 2.24) is 15.3 Å². The number of aryl methyl sites for hydroxylation is 1. The lowest BCUT2D eigenvalue weighted by Crippen LogP contribution is -2.05. The van der Waals surface area contributed by atoms with Crippen LogP contribution >= 0.6 is 11.8 Å². The van der Waals surface area contributed by atoms with Crippen molar-refractivity contribution in [3.8, 4) is 0 Å². The van der Waals surface area contributed by atoms with Crippen molar-refractivity contribution in [2.75, 3.05) is 7.05 Å². The maximum atomic E-state index is 14.1. The number of nitrogens with zero attached hydrogens (tertiary/aromatic N) is 1. The van der Waals surface area contributed by atoms with Crippen LogP contribution in [-0.4, -0.2) is 17.0 Å². The number of H-pyrrole nitrogens is 1. The zero-order valence-corrected chi connectivity index (χ0v) is 12.7. The van der Waals surface area contributed by atoms with Gasteiger partial charge in [0, 0.05) is 6.54 Å². The molecule has 0 unspecified atom stereocenters. The molecule has 0 atom stereocenters. The van der Waals surface area contributed by atoms with Gasteiger partial charge in [-0.25, -0.2) is 9.37 Å². The van der Waals surface area contributed by atoms with Gasteiger partial charge in [-0.2, -0.15) is 0 Å². The molecule has 1 heterocycles. The Morgan fingerprint density at radius 1 is 1.24 bits per heavy atom. The first-order chi connectivity index (χ1) is 10.2. The number of benzene rings is 2. The van der Waals surface area contributed by atoms with Crippen molar-refractivity contribution >= 4 is 22.8 Å². The quantitative estimate of drug-likeness (QED) is 0.768. The van der Waals surface area contributed by atoms with Gasteiger partial charge in [0.25, 0.3) is 0 Å². The van der Waals surface area contributed by atoms with E-state index in [4.69, 9.17) is 0 Å². The highest BCUT2D eigenvalue weighted by Crippen LogP contribution is 2.30. The van der Waals surface area contributed by atoms with Gasteiger partial charge < -0.3 is 10.3 Å². The van der Waals surface area contributed by atoms with Gasteiger partial charge in [-0.3, -0.25) is 0 Å². The van der Waals surface area contributed by atoms with Crippen LogP contribution < -0.4 is 5.32 Å². The minimum atomic E-state index is -0.218. The molecule has 2 N–H and O–H groups in total. The highest BCUT2D eigenvalue weighted by Gasteiger charge is 2.09. The van der Waals surface area contributed by atoms with E-state index in [1.165, 1.54) is 17.3 Å². The summed E-state index contributed by atoms with van der Waals surface area (Å²) in [6, 6.07) is 11.3. The average molecular weight is 301 g/mol. The fourth-order valence-corrected chi connectivity index (χ4v) is 3.00. The van der Waals surface area contributed by atoms with E-state index in [-0.39, 0.29) is 5.82 Å². The SMILES string of the molecule is CNCc1ccc(Sc2nc3ccc(C)cc3[nH]2)c(F)c1. The second-order valence-corrected chi connectivity index (χ2v) is 5.99. The van der Waals surface area contributed by atoms with Crippen molar-refractivity contribution in [1.29, 1.82) is 0 Å². The van der Waals surface area contributed by atoms with E-state index in [2.05, 4.69) is 15.3 Å². The molecule has 0 spiro atoms. The third-order valence-corrected chi connectivity index (χ3v) is 4.14. The molecule has 3 nitrogen and oxygen atoms in total. The molecular weight excluding hydrogens is 285 g/mol. The van der Waals surface area contributed by atoms with Crippen LogP contribution in [0.2, 0.25) is 0 Å². The van der Waals surface area contributed by atoms with Crippen LogP contribution in [0.25, 0.3) is 11.0 Å². The van der Waals surface area contributed by atoms with Crippen LogP contribution in [0.1, 0.15) is 11.1 Å². The Balaban J connectivity index is 1.87. The summed E-state index contributed by atoms with van der Waals surface area (Å²) in [5, 5.41) is 3.72. The minimum absolute atomic E-state index is 0.218. The van der Waals surface area contributed by atoms with Gasteiger partial charge in [0.2, 0.25) is 0 Å². The molecule has 0 saturated carbocycles. The first-order valence-electron chi connectivity index (χ1n) is 6.73. The average Bonchev–Trinajstić information content (AvgIpc) is 2.83. The smallest absolute Gasteiger partial charge is 0.171 e. The largest absolute Gasteiger partial charge is 0.333 e. The number of halogens is 1. The molecule has 0 bridgehead atoms. The van der Waals surface area contributed by atoms with Crippen molar-refractivity contribution < 1.29 is 4.39 Å². The van der Waals surface area contributed by atoms with Crippen LogP contribution in [0, 0.1) is 12.7 Å². The molecule has 0 saturated heterocycles. The molecule has 5 heteroatoms. The predicted molar refractivity (Wildman–Crippen MR) is 84.1 cm³/mol. The van der Waals surface area contributed by atoms with Crippen LogP contribution in [0.15, 0.2) is 46.5 Å². The van der Waals surface area contributed by atoms with Crippen molar-refractivity contribution in [2.45, 2.75) is 23.5 Å². The molecule has 3 aromatic rings. The van der Waals surface area contributed by atoms with Gasteiger partial charge in [0.15, 0.2) is 5.16 Å². The summed E-state index contributed by atoms with van der Waals surface area (Å²) in [5.74, 6) is -0.218. The van der Waals surface area contributed by atoms with E-state index in [0.29, 0.717) is 16.6 Å². The van der Waals surface area contributed by atoms with Gasteiger partial charge in [-0.05, 0) is 61.1 Å². The maximum Gasteiger partial charge on any atom is 0.171 e. The number of aromatic amines is 1. The van der Waals surface area contributed by atoms with Crippen LogP contribution in [0.5, 0.6) is 0 Å². The first-order valence-corrected chi connectivity index (χ1v) is 7.54. The number of nitrogens with one attached hydrogen (secondary N) is 2. The topological polar surface area (TPSA) is 40.7 Å². The molecule has 21 heavy (non-hydrogen) atoms. The zero-order valence-electron chi connectivity index (χ0n) is 11.9. The highest BCUT2D eigenvalue weighted by atomic mass is 32.2. The third kappa shape index (κ3) is 3.09. The summed E-state index contributed by atoms with van der Waals surface area (Å²) in [5.41, 5.74) is 3.98. The predicted octanol–water partition coefficient (Wildman–Crippen LogP) is 3.88. The zero-order chi connectivity index (χ0) is 14.8. The summed E-state index contributed by atoms with van der Waals surface area (Å²) >= 11 is 1.31. The fourth-order valence-electron chi connectivity index (χ4n) is 2.19. The standard InChI is InChI=1S/C16H16FN3S/c1-10-3-5-13-14(7-10)20-16(19-13)21-15-6-4-11(9-18-2)8-12(15)17/h3-8,18H,9H2,1-2H3,(H,19,20). The number of aromatic nitrogens is 2. The normalized spacial score (nSPS) is 11.2. The Morgan fingerprint density at radius 3 is 2.86 bits per heavy atom.